The van der Waals surface area contributed by atoms with Crippen LogP contribution in [0.3, 0.4) is 0 Å². The number of nitrogens with one attached hydrogen (secondary N) is 1. The van der Waals surface area contributed by atoms with Gasteiger partial charge >= 0.3 is 0 Å². The maximum Gasteiger partial charge on any atom is 0.0940 e. The molecule has 1 unspecified atom stereocenters. The van der Waals surface area contributed by atoms with E-state index in [1.807, 2.05) is 0 Å². The zero-order valence-electron chi connectivity index (χ0n) is 11.5. The summed E-state index contributed by atoms with van der Waals surface area (Å²) in [5.41, 5.74) is 0.107. The molecule has 0 aromatic rings. The van der Waals surface area contributed by atoms with Crippen LogP contribution in [0.15, 0.2) is 0 Å². The molecule has 1 atom stereocenters. The molecule has 2 aliphatic rings. The summed E-state index contributed by atoms with van der Waals surface area (Å²) in [5.74, 6) is 0.872. The Morgan fingerprint density at radius 2 is 2.06 bits per heavy atom. The molecule has 3 heteroatoms. The van der Waals surface area contributed by atoms with E-state index >= 15 is 0 Å². The lowest BCUT2D eigenvalue weighted by molar-refractivity contribution is -0.160. The number of rotatable bonds is 3. The fourth-order valence-electron chi connectivity index (χ4n) is 2.87. The van der Waals surface area contributed by atoms with Crippen molar-refractivity contribution in [1.29, 1.82) is 0 Å². The quantitative estimate of drug-likeness (QED) is 0.822. The van der Waals surface area contributed by atoms with Crippen LogP contribution >= 0.6 is 0 Å². The van der Waals surface area contributed by atoms with Gasteiger partial charge in [-0.3, -0.25) is 0 Å². The number of hydrogen-bond donors (Lipinski definition) is 1. The molecular formula is C14H27NO2. The molecule has 1 saturated carbocycles. The van der Waals surface area contributed by atoms with Gasteiger partial charge in [0.1, 0.15) is 0 Å². The van der Waals surface area contributed by atoms with E-state index in [0.717, 1.165) is 25.6 Å². The number of ether oxygens (including phenoxy) is 2. The van der Waals surface area contributed by atoms with E-state index in [2.05, 4.69) is 26.1 Å². The van der Waals surface area contributed by atoms with Gasteiger partial charge < -0.3 is 14.8 Å². The van der Waals surface area contributed by atoms with Crippen LogP contribution in [0.2, 0.25) is 0 Å². The van der Waals surface area contributed by atoms with Crippen molar-refractivity contribution in [3.8, 4) is 0 Å². The van der Waals surface area contributed by atoms with E-state index in [9.17, 15) is 0 Å². The van der Waals surface area contributed by atoms with Crippen molar-refractivity contribution in [1.82, 2.24) is 5.32 Å². The second-order valence-electron chi connectivity index (χ2n) is 6.12. The topological polar surface area (TPSA) is 30.5 Å². The highest BCUT2D eigenvalue weighted by molar-refractivity contribution is 4.92. The van der Waals surface area contributed by atoms with Crippen molar-refractivity contribution in [3.05, 3.63) is 0 Å². The van der Waals surface area contributed by atoms with E-state index < -0.39 is 0 Å². The Kier molecular flexibility index (Phi) is 4.45. The fraction of sp³-hybridized carbons (Fsp3) is 1.00. The molecule has 0 aromatic carbocycles. The highest BCUT2D eigenvalue weighted by Gasteiger charge is 2.39. The average molecular weight is 241 g/mol. The Bertz CT molecular complexity index is 234. The molecule has 1 N–H and O–H groups in total. The van der Waals surface area contributed by atoms with Crippen LogP contribution in [0.1, 0.15) is 46.5 Å². The minimum absolute atomic E-state index is 0.107. The minimum Gasteiger partial charge on any atom is -0.376 e. The molecule has 0 radical (unpaired) electrons. The lowest BCUT2D eigenvalue weighted by Gasteiger charge is -2.45. The predicted octanol–water partition coefficient (Wildman–Crippen LogP) is 2.35. The van der Waals surface area contributed by atoms with Gasteiger partial charge in [-0.05, 0) is 45.4 Å². The Labute approximate surface area is 105 Å². The molecule has 17 heavy (non-hydrogen) atoms. The number of morpholine rings is 1. The summed E-state index contributed by atoms with van der Waals surface area (Å²) in [6, 6.07) is 0. The highest BCUT2D eigenvalue weighted by atomic mass is 16.6. The van der Waals surface area contributed by atoms with E-state index in [0.29, 0.717) is 6.10 Å². The summed E-state index contributed by atoms with van der Waals surface area (Å²) in [7, 11) is 0. The lowest BCUT2D eigenvalue weighted by atomic mass is 9.78. The Morgan fingerprint density at radius 1 is 1.35 bits per heavy atom. The van der Waals surface area contributed by atoms with Gasteiger partial charge in [0.05, 0.1) is 24.4 Å². The maximum atomic E-state index is 6.33. The van der Waals surface area contributed by atoms with Crippen molar-refractivity contribution in [3.63, 3.8) is 0 Å². The molecule has 2 fully saturated rings. The van der Waals surface area contributed by atoms with E-state index in [1.165, 1.54) is 25.7 Å². The number of hydrogen-bond acceptors (Lipinski definition) is 3. The Hall–Kier alpha value is -0.120. The first kappa shape index (κ1) is 13.3. The van der Waals surface area contributed by atoms with Crippen molar-refractivity contribution in [2.24, 2.45) is 5.92 Å². The minimum atomic E-state index is 0.107. The summed E-state index contributed by atoms with van der Waals surface area (Å²) in [6.07, 6.45) is 5.56. The summed E-state index contributed by atoms with van der Waals surface area (Å²) >= 11 is 0. The molecule has 1 spiro atoms. The predicted molar refractivity (Wildman–Crippen MR) is 69.2 cm³/mol. The fourth-order valence-corrected chi connectivity index (χ4v) is 2.87. The van der Waals surface area contributed by atoms with Gasteiger partial charge in [0.25, 0.3) is 0 Å². The first-order chi connectivity index (χ1) is 8.10. The first-order valence-electron chi connectivity index (χ1n) is 7.10. The molecule has 0 bridgehead atoms. The molecule has 2 rings (SSSR count). The van der Waals surface area contributed by atoms with Crippen LogP contribution in [-0.2, 0) is 9.47 Å². The molecule has 100 valence electrons. The normalized spacial score (nSPS) is 38.8. The largest absolute Gasteiger partial charge is 0.376 e. The van der Waals surface area contributed by atoms with Gasteiger partial charge in [-0.25, -0.2) is 0 Å². The van der Waals surface area contributed by atoms with Gasteiger partial charge in [0.2, 0.25) is 0 Å². The van der Waals surface area contributed by atoms with Crippen LogP contribution in [-0.4, -0.2) is 37.5 Å². The van der Waals surface area contributed by atoms with Crippen LogP contribution < -0.4 is 5.32 Å². The van der Waals surface area contributed by atoms with E-state index in [4.69, 9.17) is 9.47 Å². The summed E-state index contributed by atoms with van der Waals surface area (Å²) < 4.78 is 12.0. The van der Waals surface area contributed by atoms with Gasteiger partial charge in [-0.2, -0.15) is 0 Å². The molecule has 0 amide bonds. The average Bonchev–Trinajstić information content (AvgIpc) is 2.31. The van der Waals surface area contributed by atoms with Gasteiger partial charge in [0.15, 0.2) is 0 Å². The molecule has 1 heterocycles. The smallest absolute Gasteiger partial charge is 0.0940 e. The third-order valence-electron chi connectivity index (χ3n) is 4.04. The Balaban J connectivity index is 1.83. The van der Waals surface area contributed by atoms with E-state index in [1.54, 1.807) is 0 Å². The van der Waals surface area contributed by atoms with Crippen LogP contribution in [0.25, 0.3) is 0 Å². The second kappa shape index (κ2) is 5.68. The highest BCUT2D eigenvalue weighted by Crippen LogP contribution is 2.36. The molecule has 0 aromatic heterocycles. The summed E-state index contributed by atoms with van der Waals surface area (Å²) in [4.78, 5) is 0. The van der Waals surface area contributed by atoms with Crippen molar-refractivity contribution in [2.45, 2.75) is 64.3 Å². The zero-order chi connectivity index (χ0) is 12.3. The monoisotopic (exact) mass is 241 g/mol. The van der Waals surface area contributed by atoms with Gasteiger partial charge in [0, 0.05) is 13.1 Å². The summed E-state index contributed by atoms with van der Waals surface area (Å²) in [6.45, 7) is 9.19. The van der Waals surface area contributed by atoms with Crippen LogP contribution in [0.4, 0.5) is 0 Å². The molecular weight excluding hydrogens is 214 g/mol. The molecule has 1 aliphatic carbocycles. The molecule has 3 nitrogen and oxygen atoms in total. The molecule has 1 saturated heterocycles. The molecule has 1 aliphatic heterocycles. The zero-order valence-corrected chi connectivity index (χ0v) is 11.5. The van der Waals surface area contributed by atoms with Crippen molar-refractivity contribution < 1.29 is 9.47 Å². The van der Waals surface area contributed by atoms with Crippen LogP contribution in [0.5, 0.6) is 0 Å². The van der Waals surface area contributed by atoms with Gasteiger partial charge in [-0.1, -0.05) is 6.92 Å². The van der Waals surface area contributed by atoms with Crippen LogP contribution in [0, 0.1) is 5.92 Å². The van der Waals surface area contributed by atoms with Crippen molar-refractivity contribution >= 4 is 0 Å². The third-order valence-corrected chi connectivity index (χ3v) is 4.04. The van der Waals surface area contributed by atoms with E-state index in [-0.39, 0.29) is 11.7 Å². The van der Waals surface area contributed by atoms with Gasteiger partial charge in [-0.15, -0.1) is 0 Å². The van der Waals surface area contributed by atoms with Crippen molar-refractivity contribution in [2.75, 3.05) is 19.7 Å². The standard InChI is InChI=1S/C14H27NO2/c1-11(2)16-9-13-8-15-10-14(17-13)6-4-12(3)5-7-14/h11-13,15H,4-10H2,1-3H3. The third kappa shape index (κ3) is 3.67. The first-order valence-corrected chi connectivity index (χ1v) is 7.10. The SMILES string of the molecule is CC1CCC2(CC1)CNCC(COC(C)C)O2. The second-order valence-corrected chi connectivity index (χ2v) is 6.12. The maximum absolute atomic E-state index is 6.33. The summed E-state index contributed by atoms with van der Waals surface area (Å²) in [5, 5.41) is 3.53. The lowest BCUT2D eigenvalue weighted by Crippen LogP contribution is -2.56. The Morgan fingerprint density at radius 3 is 2.71 bits per heavy atom.